The second kappa shape index (κ2) is 7.87. The minimum absolute atomic E-state index is 0.0860. The van der Waals surface area contributed by atoms with Crippen molar-refractivity contribution >= 4 is 10.2 Å². The Kier molecular flexibility index (Phi) is 6.43. The van der Waals surface area contributed by atoms with E-state index in [1.807, 2.05) is 13.8 Å². The summed E-state index contributed by atoms with van der Waals surface area (Å²) in [5, 5.41) is 3.45. The monoisotopic (exact) mass is 319 g/mol. The van der Waals surface area contributed by atoms with Crippen LogP contribution in [0.4, 0.5) is 0 Å². The Hall–Kier alpha value is -0.210. The molecule has 0 radical (unpaired) electrons. The van der Waals surface area contributed by atoms with Gasteiger partial charge in [-0.15, -0.1) is 0 Å². The standard InChI is InChI=1S/C14H29N3O3S/c1-12(2)20-10-8-16-21(18,19)17-9-4-3-5-14(17)11-15-13-6-7-13/h12-16H,3-11H2,1-2H3. The van der Waals surface area contributed by atoms with Gasteiger partial charge in [-0.2, -0.15) is 17.4 Å². The van der Waals surface area contributed by atoms with Gasteiger partial charge in [-0.1, -0.05) is 6.42 Å². The fraction of sp³-hybridized carbons (Fsp3) is 1.00. The van der Waals surface area contributed by atoms with E-state index < -0.39 is 10.2 Å². The summed E-state index contributed by atoms with van der Waals surface area (Å²) < 4.78 is 34.5. The van der Waals surface area contributed by atoms with Crippen LogP contribution in [-0.2, 0) is 14.9 Å². The van der Waals surface area contributed by atoms with E-state index in [-0.39, 0.29) is 12.1 Å². The Balaban J connectivity index is 1.81. The summed E-state index contributed by atoms with van der Waals surface area (Å²) in [5.41, 5.74) is 0. The van der Waals surface area contributed by atoms with Gasteiger partial charge in [0, 0.05) is 31.7 Å². The van der Waals surface area contributed by atoms with Crippen LogP contribution >= 0.6 is 0 Å². The zero-order valence-electron chi connectivity index (χ0n) is 13.2. The topological polar surface area (TPSA) is 70.7 Å². The highest BCUT2D eigenvalue weighted by Crippen LogP contribution is 2.22. The minimum atomic E-state index is -3.39. The largest absolute Gasteiger partial charge is 0.377 e. The molecule has 7 heteroatoms. The lowest BCUT2D eigenvalue weighted by Gasteiger charge is -2.34. The number of nitrogens with zero attached hydrogens (tertiary/aromatic N) is 1. The predicted octanol–water partition coefficient (Wildman–Crippen LogP) is 0.852. The maximum Gasteiger partial charge on any atom is 0.279 e. The molecular formula is C14H29N3O3S. The Morgan fingerprint density at radius 2 is 2.00 bits per heavy atom. The van der Waals surface area contributed by atoms with Crippen LogP contribution in [0.2, 0.25) is 0 Å². The molecule has 0 aromatic carbocycles. The summed E-state index contributed by atoms with van der Waals surface area (Å²) in [4.78, 5) is 0. The molecule has 1 unspecified atom stereocenters. The van der Waals surface area contributed by atoms with Gasteiger partial charge >= 0.3 is 0 Å². The van der Waals surface area contributed by atoms with E-state index in [0.29, 0.717) is 25.7 Å². The molecule has 1 saturated carbocycles. The lowest BCUT2D eigenvalue weighted by molar-refractivity contribution is 0.0830. The van der Waals surface area contributed by atoms with Gasteiger partial charge in [0.15, 0.2) is 0 Å². The van der Waals surface area contributed by atoms with Gasteiger partial charge in [-0.3, -0.25) is 0 Å². The second-order valence-corrected chi connectivity index (χ2v) is 7.97. The number of rotatable bonds is 9. The molecule has 0 bridgehead atoms. The summed E-state index contributed by atoms with van der Waals surface area (Å²) in [5.74, 6) is 0. The van der Waals surface area contributed by atoms with Gasteiger partial charge in [0.2, 0.25) is 0 Å². The van der Waals surface area contributed by atoms with Crippen molar-refractivity contribution in [3.8, 4) is 0 Å². The van der Waals surface area contributed by atoms with Crippen LogP contribution in [0, 0.1) is 0 Å². The van der Waals surface area contributed by atoms with Crippen molar-refractivity contribution in [3.05, 3.63) is 0 Å². The van der Waals surface area contributed by atoms with Crippen molar-refractivity contribution in [1.82, 2.24) is 14.3 Å². The van der Waals surface area contributed by atoms with Crippen molar-refractivity contribution in [1.29, 1.82) is 0 Å². The third-order valence-electron chi connectivity index (χ3n) is 3.94. The van der Waals surface area contributed by atoms with Crippen molar-refractivity contribution in [2.24, 2.45) is 0 Å². The van der Waals surface area contributed by atoms with E-state index in [1.54, 1.807) is 4.31 Å². The third kappa shape index (κ3) is 5.83. The molecule has 1 saturated heterocycles. The molecule has 1 atom stereocenters. The van der Waals surface area contributed by atoms with Gasteiger partial charge in [0.25, 0.3) is 10.2 Å². The maximum atomic E-state index is 12.4. The van der Waals surface area contributed by atoms with Gasteiger partial charge in [0.1, 0.15) is 0 Å². The number of piperidine rings is 1. The lowest BCUT2D eigenvalue weighted by Crippen LogP contribution is -2.53. The molecular weight excluding hydrogens is 290 g/mol. The Morgan fingerprint density at radius 1 is 1.24 bits per heavy atom. The fourth-order valence-electron chi connectivity index (χ4n) is 2.63. The fourth-order valence-corrected chi connectivity index (χ4v) is 4.08. The molecule has 2 aliphatic rings. The summed E-state index contributed by atoms with van der Waals surface area (Å²) >= 11 is 0. The molecule has 21 heavy (non-hydrogen) atoms. The normalized spacial score (nSPS) is 24.6. The van der Waals surface area contributed by atoms with Crippen molar-refractivity contribution in [2.45, 2.75) is 64.1 Å². The molecule has 1 aliphatic heterocycles. The maximum absolute atomic E-state index is 12.4. The Morgan fingerprint density at radius 3 is 2.67 bits per heavy atom. The highest BCUT2D eigenvalue weighted by atomic mass is 32.2. The smallest absolute Gasteiger partial charge is 0.279 e. The molecule has 0 amide bonds. The first kappa shape index (κ1) is 17.1. The van der Waals surface area contributed by atoms with Crippen molar-refractivity contribution < 1.29 is 13.2 Å². The molecule has 1 heterocycles. The second-order valence-electron chi connectivity index (χ2n) is 6.26. The van der Waals surface area contributed by atoms with Gasteiger partial charge < -0.3 is 10.1 Å². The SMILES string of the molecule is CC(C)OCCNS(=O)(=O)N1CCCCC1CNC1CC1. The highest BCUT2D eigenvalue weighted by Gasteiger charge is 2.33. The molecule has 2 rings (SSSR count). The summed E-state index contributed by atoms with van der Waals surface area (Å²) in [7, 11) is -3.39. The number of ether oxygens (including phenoxy) is 1. The van der Waals surface area contributed by atoms with E-state index in [0.717, 1.165) is 25.8 Å². The van der Waals surface area contributed by atoms with Crippen molar-refractivity contribution in [2.75, 3.05) is 26.2 Å². The predicted molar refractivity (Wildman–Crippen MR) is 83.4 cm³/mol. The average molecular weight is 319 g/mol. The van der Waals surface area contributed by atoms with E-state index in [1.165, 1.54) is 12.8 Å². The molecule has 0 aromatic rings. The average Bonchev–Trinajstić information content (AvgIpc) is 3.26. The number of hydrogen-bond donors (Lipinski definition) is 2. The highest BCUT2D eigenvalue weighted by molar-refractivity contribution is 7.87. The Bertz CT molecular complexity index is 410. The van der Waals surface area contributed by atoms with E-state index in [2.05, 4.69) is 10.0 Å². The zero-order chi connectivity index (χ0) is 15.3. The molecule has 124 valence electrons. The lowest BCUT2D eigenvalue weighted by atomic mass is 10.1. The molecule has 6 nitrogen and oxygen atoms in total. The van der Waals surface area contributed by atoms with Crippen LogP contribution in [-0.4, -0.2) is 57.2 Å². The quantitative estimate of drug-likeness (QED) is 0.618. The molecule has 2 fully saturated rings. The first-order chi connectivity index (χ1) is 9.99. The van der Waals surface area contributed by atoms with Crippen molar-refractivity contribution in [3.63, 3.8) is 0 Å². The molecule has 2 N–H and O–H groups in total. The molecule has 0 spiro atoms. The van der Waals surface area contributed by atoms with Crippen LogP contribution in [0.25, 0.3) is 0 Å². The number of hydrogen-bond acceptors (Lipinski definition) is 4. The first-order valence-electron chi connectivity index (χ1n) is 8.10. The van der Waals surface area contributed by atoms with Crippen LogP contribution in [0.3, 0.4) is 0 Å². The minimum Gasteiger partial charge on any atom is -0.377 e. The first-order valence-corrected chi connectivity index (χ1v) is 9.54. The van der Waals surface area contributed by atoms with Crippen LogP contribution in [0.15, 0.2) is 0 Å². The van der Waals surface area contributed by atoms with E-state index in [4.69, 9.17) is 4.74 Å². The summed E-state index contributed by atoms with van der Waals surface area (Å²) in [6.07, 6.45) is 5.58. The van der Waals surface area contributed by atoms with E-state index >= 15 is 0 Å². The van der Waals surface area contributed by atoms with E-state index in [9.17, 15) is 8.42 Å². The summed E-state index contributed by atoms with van der Waals surface area (Å²) in [6, 6.07) is 0.701. The van der Waals surface area contributed by atoms with Gasteiger partial charge in [-0.05, 0) is 39.5 Å². The third-order valence-corrected chi connectivity index (χ3v) is 5.61. The summed E-state index contributed by atoms with van der Waals surface area (Å²) in [6.45, 7) is 6.03. The van der Waals surface area contributed by atoms with Crippen LogP contribution < -0.4 is 10.0 Å². The zero-order valence-corrected chi connectivity index (χ0v) is 14.0. The van der Waals surface area contributed by atoms with Gasteiger partial charge in [0.05, 0.1) is 12.7 Å². The van der Waals surface area contributed by atoms with Crippen LogP contribution in [0.1, 0.15) is 46.0 Å². The molecule has 1 aliphatic carbocycles. The van der Waals surface area contributed by atoms with Crippen LogP contribution in [0.5, 0.6) is 0 Å². The molecule has 0 aromatic heterocycles. The van der Waals surface area contributed by atoms with Gasteiger partial charge in [-0.25, -0.2) is 0 Å². The Labute approximate surface area is 128 Å². The number of nitrogens with one attached hydrogen (secondary N) is 2.